The number of benzene rings is 2. The van der Waals surface area contributed by atoms with Crippen molar-refractivity contribution < 1.29 is 8.42 Å². The molecule has 0 saturated carbocycles. The summed E-state index contributed by atoms with van der Waals surface area (Å²) in [5.41, 5.74) is 6.37. The number of hydrogen-bond acceptors (Lipinski definition) is 3. The van der Waals surface area contributed by atoms with E-state index in [2.05, 4.69) is 0 Å². The average Bonchev–Trinajstić information content (AvgIpc) is 2.41. The molecule has 0 spiro atoms. The van der Waals surface area contributed by atoms with Gasteiger partial charge in [-0.3, -0.25) is 0 Å². The monoisotopic (exact) mass is 261 g/mol. The van der Waals surface area contributed by atoms with Crippen LogP contribution in [0.25, 0.3) is 0 Å². The summed E-state index contributed by atoms with van der Waals surface area (Å²) in [7, 11) is -3.43. The second kappa shape index (κ2) is 5.33. The molecule has 0 unspecified atom stereocenters. The second-order valence-corrected chi connectivity index (χ2v) is 6.12. The van der Waals surface area contributed by atoms with Crippen molar-refractivity contribution in [2.45, 2.75) is 10.1 Å². The molecule has 0 aliphatic heterocycles. The first kappa shape index (κ1) is 12.8. The lowest BCUT2D eigenvalue weighted by Gasteiger charge is -2.16. The molecule has 0 heterocycles. The van der Waals surface area contributed by atoms with Crippen LogP contribution in [-0.2, 0) is 9.84 Å². The average molecular weight is 261 g/mol. The van der Waals surface area contributed by atoms with Gasteiger partial charge < -0.3 is 5.73 Å². The van der Waals surface area contributed by atoms with Gasteiger partial charge in [0.15, 0.2) is 9.84 Å². The third kappa shape index (κ3) is 2.44. The van der Waals surface area contributed by atoms with Crippen molar-refractivity contribution in [3.8, 4) is 0 Å². The molecule has 4 heteroatoms. The molecule has 2 rings (SSSR count). The molecule has 1 atom stereocenters. The van der Waals surface area contributed by atoms with Gasteiger partial charge in [0.05, 0.1) is 4.90 Å². The Morgan fingerprint density at radius 1 is 0.889 bits per heavy atom. The Kier molecular flexibility index (Phi) is 3.79. The Labute approximate surface area is 107 Å². The smallest absolute Gasteiger partial charge is 0.186 e. The molecule has 0 bridgehead atoms. The first-order valence-electron chi connectivity index (χ1n) is 5.70. The predicted molar refractivity (Wildman–Crippen MR) is 71.9 cm³/mol. The molecule has 2 aromatic rings. The van der Waals surface area contributed by atoms with Crippen LogP contribution in [0.4, 0.5) is 0 Å². The van der Waals surface area contributed by atoms with Gasteiger partial charge in [-0.05, 0) is 17.7 Å². The molecule has 0 amide bonds. The highest BCUT2D eigenvalue weighted by atomic mass is 32.2. The Morgan fingerprint density at radius 3 is 1.89 bits per heavy atom. The highest BCUT2D eigenvalue weighted by Gasteiger charge is 2.27. The van der Waals surface area contributed by atoms with Crippen LogP contribution >= 0.6 is 0 Å². The van der Waals surface area contributed by atoms with Crippen LogP contribution < -0.4 is 5.73 Å². The van der Waals surface area contributed by atoms with Crippen LogP contribution in [0.5, 0.6) is 0 Å². The van der Waals surface area contributed by atoms with E-state index in [1.54, 1.807) is 42.5 Å². The molecule has 94 valence electrons. The summed E-state index contributed by atoms with van der Waals surface area (Å²) in [4.78, 5) is 0.310. The van der Waals surface area contributed by atoms with Gasteiger partial charge in [-0.25, -0.2) is 8.42 Å². The van der Waals surface area contributed by atoms with Crippen molar-refractivity contribution in [3.63, 3.8) is 0 Å². The van der Waals surface area contributed by atoms with Crippen LogP contribution in [0.3, 0.4) is 0 Å². The largest absolute Gasteiger partial charge is 0.329 e. The zero-order valence-electron chi connectivity index (χ0n) is 9.86. The van der Waals surface area contributed by atoms with Crippen LogP contribution in [0.15, 0.2) is 65.6 Å². The maximum Gasteiger partial charge on any atom is 0.186 e. The normalized spacial score (nSPS) is 13.2. The zero-order chi connectivity index (χ0) is 13.0. The van der Waals surface area contributed by atoms with E-state index in [-0.39, 0.29) is 6.54 Å². The minimum Gasteiger partial charge on any atom is -0.329 e. The van der Waals surface area contributed by atoms with E-state index in [9.17, 15) is 8.42 Å². The lowest BCUT2D eigenvalue weighted by molar-refractivity contribution is 0.582. The highest BCUT2D eigenvalue weighted by molar-refractivity contribution is 7.91. The van der Waals surface area contributed by atoms with E-state index in [1.165, 1.54) is 0 Å². The van der Waals surface area contributed by atoms with E-state index in [4.69, 9.17) is 5.73 Å². The molecule has 18 heavy (non-hydrogen) atoms. The van der Waals surface area contributed by atoms with Crippen LogP contribution in [-0.4, -0.2) is 15.0 Å². The maximum absolute atomic E-state index is 12.5. The minimum absolute atomic E-state index is 0.0707. The van der Waals surface area contributed by atoms with Crippen LogP contribution in [0.2, 0.25) is 0 Å². The standard InChI is InChI=1S/C14H15NO2S/c15-11-14(12-7-3-1-4-8-12)18(16,17)13-9-5-2-6-10-13/h1-10,14H,11,15H2/t14-/m1/s1. The van der Waals surface area contributed by atoms with Gasteiger partial charge in [0, 0.05) is 6.54 Å². The minimum atomic E-state index is -3.43. The van der Waals surface area contributed by atoms with E-state index < -0.39 is 15.1 Å². The van der Waals surface area contributed by atoms with Crippen molar-refractivity contribution in [2.75, 3.05) is 6.54 Å². The molecule has 0 aliphatic carbocycles. The summed E-state index contributed by atoms with van der Waals surface area (Å²) < 4.78 is 25.0. The van der Waals surface area contributed by atoms with Crippen molar-refractivity contribution in [1.82, 2.24) is 0 Å². The summed E-state index contributed by atoms with van der Waals surface area (Å²) >= 11 is 0. The second-order valence-electron chi connectivity index (χ2n) is 3.99. The third-order valence-electron chi connectivity index (χ3n) is 2.83. The van der Waals surface area contributed by atoms with Gasteiger partial charge in [-0.1, -0.05) is 48.5 Å². The van der Waals surface area contributed by atoms with Crippen molar-refractivity contribution in [2.24, 2.45) is 5.73 Å². The van der Waals surface area contributed by atoms with E-state index >= 15 is 0 Å². The summed E-state index contributed by atoms with van der Waals surface area (Å²) in [6.45, 7) is 0.0707. The van der Waals surface area contributed by atoms with E-state index in [1.807, 2.05) is 18.2 Å². The lowest BCUT2D eigenvalue weighted by atomic mass is 10.1. The molecule has 3 nitrogen and oxygen atoms in total. The van der Waals surface area contributed by atoms with Gasteiger partial charge in [0.25, 0.3) is 0 Å². The van der Waals surface area contributed by atoms with Crippen molar-refractivity contribution in [3.05, 3.63) is 66.2 Å². The highest BCUT2D eigenvalue weighted by Crippen LogP contribution is 2.27. The molecule has 0 aliphatic rings. The van der Waals surface area contributed by atoms with E-state index in [0.29, 0.717) is 4.90 Å². The van der Waals surface area contributed by atoms with Crippen LogP contribution in [0.1, 0.15) is 10.8 Å². The molecule has 0 fully saturated rings. The quantitative estimate of drug-likeness (QED) is 0.917. The van der Waals surface area contributed by atoms with Crippen molar-refractivity contribution >= 4 is 9.84 Å². The number of nitrogens with two attached hydrogens (primary N) is 1. The fraction of sp³-hybridized carbons (Fsp3) is 0.143. The fourth-order valence-electron chi connectivity index (χ4n) is 1.88. The first-order valence-corrected chi connectivity index (χ1v) is 7.25. The zero-order valence-corrected chi connectivity index (χ0v) is 10.7. The van der Waals surface area contributed by atoms with Crippen molar-refractivity contribution in [1.29, 1.82) is 0 Å². The van der Waals surface area contributed by atoms with Gasteiger partial charge in [0.1, 0.15) is 5.25 Å². The van der Waals surface area contributed by atoms with Gasteiger partial charge >= 0.3 is 0 Å². The molecular formula is C14H15NO2S. The number of sulfone groups is 1. The molecule has 0 saturated heterocycles. The Morgan fingerprint density at radius 2 is 1.39 bits per heavy atom. The topological polar surface area (TPSA) is 60.2 Å². The Hall–Kier alpha value is -1.65. The molecule has 0 radical (unpaired) electrons. The fourth-order valence-corrected chi connectivity index (χ4v) is 3.52. The summed E-state index contributed by atoms with van der Waals surface area (Å²) in [5.74, 6) is 0. The molecular weight excluding hydrogens is 246 g/mol. The molecule has 0 aromatic heterocycles. The van der Waals surface area contributed by atoms with Crippen LogP contribution in [0, 0.1) is 0 Å². The Balaban J connectivity index is 2.46. The summed E-state index contributed by atoms with van der Waals surface area (Å²) in [6.07, 6.45) is 0. The number of rotatable bonds is 4. The predicted octanol–water partition coefficient (Wildman–Crippen LogP) is 2.16. The molecule has 2 N–H and O–H groups in total. The Bertz CT molecular complexity index is 594. The maximum atomic E-state index is 12.5. The van der Waals surface area contributed by atoms with Gasteiger partial charge in [0.2, 0.25) is 0 Å². The molecule has 2 aromatic carbocycles. The first-order chi connectivity index (χ1) is 8.66. The van der Waals surface area contributed by atoms with E-state index in [0.717, 1.165) is 5.56 Å². The van der Waals surface area contributed by atoms with Gasteiger partial charge in [-0.2, -0.15) is 0 Å². The van der Waals surface area contributed by atoms with Gasteiger partial charge in [-0.15, -0.1) is 0 Å². The SMILES string of the molecule is NC[C@H](c1ccccc1)S(=O)(=O)c1ccccc1. The summed E-state index contributed by atoms with van der Waals surface area (Å²) in [6, 6.07) is 17.5. The number of hydrogen-bond donors (Lipinski definition) is 1. The summed E-state index contributed by atoms with van der Waals surface area (Å²) in [5, 5.41) is -0.693. The lowest BCUT2D eigenvalue weighted by Crippen LogP contribution is -2.22. The third-order valence-corrected chi connectivity index (χ3v) is 4.97.